The molecule has 0 N–H and O–H groups in total. The van der Waals surface area contributed by atoms with Gasteiger partial charge in [-0.2, -0.15) is 0 Å². The van der Waals surface area contributed by atoms with E-state index >= 15 is 0 Å². The van der Waals surface area contributed by atoms with Crippen molar-refractivity contribution in [2.45, 2.75) is 44.3 Å². The Labute approximate surface area is 126 Å². The number of hydrogen-bond acceptors (Lipinski definition) is 1. The van der Waals surface area contributed by atoms with Crippen LogP contribution >= 0.6 is 11.8 Å². The van der Waals surface area contributed by atoms with Crippen LogP contribution in [0.25, 0.3) is 0 Å². The van der Waals surface area contributed by atoms with Crippen LogP contribution in [0, 0.1) is 19.8 Å². The highest BCUT2D eigenvalue weighted by molar-refractivity contribution is 7.98. The first kappa shape index (κ1) is 13.8. The molecule has 2 aromatic rings. The summed E-state index contributed by atoms with van der Waals surface area (Å²) < 4.78 is 0. The number of benzene rings is 2. The van der Waals surface area contributed by atoms with Gasteiger partial charge in [-0.25, -0.2) is 0 Å². The van der Waals surface area contributed by atoms with Crippen LogP contribution in [0.5, 0.6) is 0 Å². The summed E-state index contributed by atoms with van der Waals surface area (Å²) >= 11 is 2.00. The zero-order valence-electron chi connectivity index (χ0n) is 12.7. The lowest BCUT2D eigenvalue weighted by molar-refractivity contribution is 0.553. The highest BCUT2D eigenvalue weighted by Crippen LogP contribution is 2.45. The van der Waals surface area contributed by atoms with Crippen LogP contribution in [0.4, 0.5) is 0 Å². The van der Waals surface area contributed by atoms with Crippen LogP contribution in [0.3, 0.4) is 0 Å². The minimum atomic E-state index is 0.524. The third-order valence-electron chi connectivity index (χ3n) is 4.41. The van der Waals surface area contributed by atoms with E-state index in [0.29, 0.717) is 11.8 Å². The van der Waals surface area contributed by atoms with Crippen molar-refractivity contribution >= 4 is 11.8 Å². The lowest BCUT2D eigenvalue weighted by Crippen LogP contribution is -2.12. The van der Waals surface area contributed by atoms with Crippen LogP contribution < -0.4 is 0 Å². The Bertz CT molecular complexity index is 640. The van der Waals surface area contributed by atoms with Gasteiger partial charge in [0.15, 0.2) is 0 Å². The lowest BCUT2D eigenvalue weighted by atomic mass is 9.78. The van der Waals surface area contributed by atoms with Crippen molar-refractivity contribution in [1.29, 1.82) is 0 Å². The van der Waals surface area contributed by atoms with Crippen LogP contribution in [-0.4, -0.2) is 0 Å². The molecule has 2 aromatic carbocycles. The predicted octanol–water partition coefficient (Wildman–Crippen LogP) is 5.70. The molecular weight excluding hydrogens is 260 g/mol. The first-order valence-corrected chi connectivity index (χ1v) is 8.39. The molecule has 0 fully saturated rings. The molecule has 20 heavy (non-hydrogen) atoms. The Morgan fingerprint density at radius 3 is 2.45 bits per heavy atom. The quantitative estimate of drug-likeness (QED) is 0.647. The second kappa shape index (κ2) is 5.29. The normalized spacial score (nSPS) is 17.6. The fourth-order valence-corrected chi connectivity index (χ4v) is 4.60. The van der Waals surface area contributed by atoms with Crippen molar-refractivity contribution in [3.05, 3.63) is 64.2 Å². The minimum absolute atomic E-state index is 0.524. The van der Waals surface area contributed by atoms with Crippen molar-refractivity contribution in [3.63, 3.8) is 0 Å². The summed E-state index contributed by atoms with van der Waals surface area (Å²) in [6, 6.07) is 13.5. The lowest BCUT2D eigenvalue weighted by Gasteiger charge is -2.26. The SMILES string of the molecule is Cc1ccc(C)c2c1CSc1ccccc1C2C(C)C. The van der Waals surface area contributed by atoms with Gasteiger partial charge in [-0.15, -0.1) is 11.8 Å². The molecule has 1 heterocycles. The molecule has 104 valence electrons. The summed E-state index contributed by atoms with van der Waals surface area (Å²) in [6.45, 7) is 9.23. The van der Waals surface area contributed by atoms with Crippen molar-refractivity contribution in [2.75, 3.05) is 0 Å². The molecular formula is C19H22S. The average molecular weight is 282 g/mol. The summed E-state index contributed by atoms with van der Waals surface area (Å²) in [5, 5.41) is 0. The maximum Gasteiger partial charge on any atom is 0.0237 e. The van der Waals surface area contributed by atoms with E-state index in [1.54, 1.807) is 11.1 Å². The molecule has 1 heteroatoms. The molecule has 0 amide bonds. The molecule has 0 aromatic heterocycles. The molecule has 0 saturated heterocycles. The van der Waals surface area contributed by atoms with E-state index in [-0.39, 0.29) is 0 Å². The first-order valence-electron chi connectivity index (χ1n) is 7.40. The maximum atomic E-state index is 2.35. The molecule has 0 nitrogen and oxygen atoms in total. The summed E-state index contributed by atoms with van der Waals surface area (Å²) in [5.41, 5.74) is 7.54. The molecule has 1 atom stereocenters. The van der Waals surface area contributed by atoms with Crippen molar-refractivity contribution in [1.82, 2.24) is 0 Å². The zero-order chi connectivity index (χ0) is 14.3. The summed E-state index contributed by atoms with van der Waals surface area (Å²) in [6.07, 6.45) is 0. The third-order valence-corrected chi connectivity index (χ3v) is 5.53. The molecule has 1 unspecified atom stereocenters. The fraction of sp³-hybridized carbons (Fsp3) is 0.368. The average Bonchev–Trinajstić information content (AvgIpc) is 2.60. The van der Waals surface area contributed by atoms with E-state index in [2.05, 4.69) is 64.1 Å². The third kappa shape index (κ3) is 2.18. The highest BCUT2D eigenvalue weighted by Gasteiger charge is 2.28. The van der Waals surface area contributed by atoms with E-state index in [1.165, 1.54) is 21.6 Å². The number of thioether (sulfide) groups is 1. The Balaban J connectivity index is 2.30. The molecule has 0 bridgehead atoms. The minimum Gasteiger partial charge on any atom is -0.121 e. The Morgan fingerprint density at radius 2 is 1.70 bits per heavy atom. The van der Waals surface area contributed by atoms with Gasteiger partial charge >= 0.3 is 0 Å². The fourth-order valence-electron chi connectivity index (χ4n) is 3.38. The number of rotatable bonds is 1. The van der Waals surface area contributed by atoms with Crippen molar-refractivity contribution in [3.8, 4) is 0 Å². The maximum absolute atomic E-state index is 2.35. The molecule has 1 aliphatic rings. The van der Waals surface area contributed by atoms with Gasteiger partial charge in [-0.1, -0.05) is 44.2 Å². The molecule has 1 aliphatic heterocycles. The van der Waals surface area contributed by atoms with E-state index in [4.69, 9.17) is 0 Å². The van der Waals surface area contributed by atoms with Gasteiger partial charge < -0.3 is 0 Å². The van der Waals surface area contributed by atoms with Gasteiger partial charge in [-0.3, -0.25) is 0 Å². The summed E-state index contributed by atoms with van der Waals surface area (Å²) in [4.78, 5) is 1.46. The monoisotopic (exact) mass is 282 g/mol. The number of fused-ring (bicyclic) bond motifs is 2. The van der Waals surface area contributed by atoms with Crippen molar-refractivity contribution in [2.24, 2.45) is 5.92 Å². The highest BCUT2D eigenvalue weighted by atomic mass is 32.2. The van der Waals surface area contributed by atoms with E-state index < -0.39 is 0 Å². The Hall–Kier alpha value is -1.21. The largest absolute Gasteiger partial charge is 0.121 e. The smallest absolute Gasteiger partial charge is 0.0237 e. The standard InChI is InChI=1S/C19H22S/c1-12(2)18-15-7-5-6-8-17(15)20-11-16-13(3)9-10-14(4)19(16)18/h5-10,12,18H,11H2,1-4H3. The second-order valence-electron chi connectivity index (χ2n) is 6.14. The summed E-state index contributed by atoms with van der Waals surface area (Å²) in [7, 11) is 0. The van der Waals surface area contributed by atoms with Gasteiger partial charge in [0.1, 0.15) is 0 Å². The number of aryl methyl sites for hydroxylation is 2. The predicted molar refractivity (Wildman–Crippen MR) is 88.6 cm³/mol. The van der Waals surface area contributed by atoms with Gasteiger partial charge in [0.25, 0.3) is 0 Å². The Kier molecular flexibility index (Phi) is 3.64. The van der Waals surface area contributed by atoms with Crippen LogP contribution in [0.1, 0.15) is 47.6 Å². The first-order chi connectivity index (χ1) is 9.59. The second-order valence-corrected chi connectivity index (χ2v) is 7.16. The Morgan fingerprint density at radius 1 is 1.00 bits per heavy atom. The summed E-state index contributed by atoms with van der Waals surface area (Å²) in [5.74, 6) is 2.24. The number of hydrogen-bond donors (Lipinski definition) is 0. The molecule has 0 radical (unpaired) electrons. The topological polar surface area (TPSA) is 0 Å². The molecule has 0 spiro atoms. The van der Waals surface area contributed by atoms with E-state index in [0.717, 1.165) is 5.75 Å². The zero-order valence-corrected chi connectivity index (χ0v) is 13.6. The van der Waals surface area contributed by atoms with Gasteiger partial charge in [0.2, 0.25) is 0 Å². The molecule has 0 saturated carbocycles. The van der Waals surface area contributed by atoms with E-state index in [9.17, 15) is 0 Å². The molecule has 3 rings (SSSR count). The van der Waals surface area contributed by atoms with Crippen LogP contribution in [-0.2, 0) is 5.75 Å². The van der Waals surface area contributed by atoms with Gasteiger partial charge in [0.05, 0.1) is 0 Å². The van der Waals surface area contributed by atoms with Crippen molar-refractivity contribution < 1.29 is 0 Å². The molecule has 0 aliphatic carbocycles. The van der Waals surface area contributed by atoms with Gasteiger partial charge in [0, 0.05) is 16.6 Å². The van der Waals surface area contributed by atoms with Crippen LogP contribution in [0.15, 0.2) is 41.3 Å². The van der Waals surface area contributed by atoms with Gasteiger partial charge in [-0.05, 0) is 53.6 Å². The van der Waals surface area contributed by atoms with Crippen LogP contribution in [0.2, 0.25) is 0 Å². The van der Waals surface area contributed by atoms with E-state index in [1.807, 2.05) is 11.8 Å².